The Morgan fingerprint density at radius 3 is 2.89 bits per heavy atom. The fraction of sp³-hybridized carbons (Fsp3) is 0.786. The second-order valence-electron chi connectivity index (χ2n) is 5.26. The van der Waals surface area contributed by atoms with Crippen LogP contribution in [0.15, 0.2) is 5.38 Å². The summed E-state index contributed by atoms with van der Waals surface area (Å²) in [6.45, 7) is 14.3. The standard InChI is InChI=1S/C14H26N4S/c1-5-15-12(4)13-10-19-14(16-13)18-8-7-17(6-2)11(3)9-18/h10-12,15H,5-9H2,1-4H3. The highest BCUT2D eigenvalue weighted by molar-refractivity contribution is 7.13. The monoisotopic (exact) mass is 282 g/mol. The van der Waals surface area contributed by atoms with Gasteiger partial charge in [0.15, 0.2) is 5.13 Å². The largest absolute Gasteiger partial charge is 0.345 e. The molecule has 2 heterocycles. The highest BCUT2D eigenvalue weighted by atomic mass is 32.1. The van der Waals surface area contributed by atoms with Gasteiger partial charge in [-0.3, -0.25) is 4.90 Å². The zero-order valence-electron chi connectivity index (χ0n) is 12.5. The maximum Gasteiger partial charge on any atom is 0.185 e. The van der Waals surface area contributed by atoms with Crippen LogP contribution in [0.3, 0.4) is 0 Å². The maximum atomic E-state index is 4.80. The molecule has 1 N–H and O–H groups in total. The Balaban J connectivity index is 1.99. The van der Waals surface area contributed by atoms with E-state index in [-0.39, 0.29) is 0 Å². The van der Waals surface area contributed by atoms with Gasteiger partial charge in [-0.2, -0.15) is 0 Å². The Kier molecular flexibility index (Phi) is 5.19. The lowest BCUT2D eigenvalue weighted by Crippen LogP contribution is -2.51. The molecule has 0 amide bonds. The van der Waals surface area contributed by atoms with E-state index in [2.05, 4.69) is 48.2 Å². The fourth-order valence-corrected chi connectivity index (χ4v) is 3.63. The summed E-state index contributed by atoms with van der Waals surface area (Å²) in [5.41, 5.74) is 1.17. The number of aromatic nitrogens is 1. The molecule has 108 valence electrons. The smallest absolute Gasteiger partial charge is 0.185 e. The molecule has 0 radical (unpaired) electrons. The summed E-state index contributed by atoms with van der Waals surface area (Å²) in [6.07, 6.45) is 0. The molecule has 0 spiro atoms. The maximum absolute atomic E-state index is 4.80. The van der Waals surface area contributed by atoms with Crippen LogP contribution in [0.25, 0.3) is 0 Å². The van der Waals surface area contributed by atoms with Crippen LogP contribution in [0.2, 0.25) is 0 Å². The second-order valence-corrected chi connectivity index (χ2v) is 6.09. The minimum atomic E-state index is 0.351. The summed E-state index contributed by atoms with van der Waals surface area (Å²) in [5, 5.41) is 6.80. The summed E-state index contributed by atoms with van der Waals surface area (Å²) in [4.78, 5) is 9.77. The van der Waals surface area contributed by atoms with Crippen molar-refractivity contribution in [2.75, 3.05) is 37.6 Å². The molecule has 2 atom stereocenters. The van der Waals surface area contributed by atoms with Crippen molar-refractivity contribution in [1.82, 2.24) is 15.2 Å². The lowest BCUT2D eigenvalue weighted by Gasteiger charge is -2.39. The van der Waals surface area contributed by atoms with Gasteiger partial charge in [0.25, 0.3) is 0 Å². The van der Waals surface area contributed by atoms with Crippen molar-refractivity contribution in [3.63, 3.8) is 0 Å². The Labute approximate surface area is 120 Å². The molecule has 1 aromatic rings. The highest BCUT2D eigenvalue weighted by Gasteiger charge is 2.24. The SMILES string of the molecule is CCNC(C)c1csc(N2CCN(CC)C(C)C2)n1. The molecule has 1 aliphatic rings. The van der Waals surface area contributed by atoms with E-state index < -0.39 is 0 Å². The number of nitrogens with zero attached hydrogens (tertiary/aromatic N) is 3. The van der Waals surface area contributed by atoms with Gasteiger partial charge in [0.1, 0.15) is 0 Å². The molecule has 0 aromatic carbocycles. The third kappa shape index (κ3) is 3.46. The summed E-state index contributed by atoms with van der Waals surface area (Å²) in [7, 11) is 0. The van der Waals surface area contributed by atoms with Crippen LogP contribution in [0.1, 0.15) is 39.4 Å². The van der Waals surface area contributed by atoms with Gasteiger partial charge in [0.05, 0.1) is 5.69 Å². The summed E-state index contributed by atoms with van der Waals surface area (Å²) in [6, 6.07) is 0.974. The molecule has 2 unspecified atom stereocenters. The number of piperazine rings is 1. The Morgan fingerprint density at radius 2 is 2.26 bits per heavy atom. The summed E-state index contributed by atoms with van der Waals surface area (Å²) >= 11 is 1.78. The van der Waals surface area contributed by atoms with E-state index >= 15 is 0 Å². The van der Waals surface area contributed by atoms with Crippen LogP contribution in [0, 0.1) is 0 Å². The number of thiazole rings is 1. The lowest BCUT2D eigenvalue weighted by molar-refractivity contribution is 0.199. The van der Waals surface area contributed by atoms with Crippen molar-refractivity contribution in [1.29, 1.82) is 0 Å². The van der Waals surface area contributed by atoms with Crippen LogP contribution in [0.5, 0.6) is 0 Å². The van der Waals surface area contributed by atoms with E-state index in [1.807, 2.05) is 0 Å². The number of likely N-dealkylation sites (N-methyl/N-ethyl adjacent to an activating group) is 1. The van der Waals surface area contributed by atoms with Gasteiger partial charge < -0.3 is 10.2 Å². The highest BCUT2D eigenvalue weighted by Crippen LogP contribution is 2.26. The normalized spacial score (nSPS) is 22.7. The topological polar surface area (TPSA) is 31.4 Å². The molecule has 19 heavy (non-hydrogen) atoms. The molecule has 1 saturated heterocycles. The first-order valence-electron chi connectivity index (χ1n) is 7.33. The molecule has 1 fully saturated rings. The molecule has 0 saturated carbocycles. The third-order valence-electron chi connectivity index (χ3n) is 3.91. The zero-order valence-corrected chi connectivity index (χ0v) is 13.3. The second kappa shape index (κ2) is 6.68. The van der Waals surface area contributed by atoms with E-state index in [4.69, 9.17) is 4.98 Å². The Morgan fingerprint density at radius 1 is 1.47 bits per heavy atom. The van der Waals surface area contributed by atoms with Crippen LogP contribution in [-0.2, 0) is 0 Å². The molecule has 0 aliphatic carbocycles. The Bertz CT molecular complexity index is 393. The van der Waals surface area contributed by atoms with Crippen LogP contribution in [0.4, 0.5) is 5.13 Å². The first-order chi connectivity index (χ1) is 9.15. The minimum Gasteiger partial charge on any atom is -0.345 e. The predicted molar refractivity (Wildman–Crippen MR) is 83.1 cm³/mol. The van der Waals surface area contributed by atoms with Crippen molar-refractivity contribution >= 4 is 16.5 Å². The van der Waals surface area contributed by atoms with Crippen LogP contribution in [-0.4, -0.2) is 48.6 Å². The molecule has 5 heteroatoms. The summed E-state index contributed by atoms with van der Waals surface area (Å²) in [5.74, 6) is 0. The predicted octanol–water partition coefficient (Wildman–Crippen LogP) is 2.34. The van der Waals surface area contributed by atoms with Gasteiger partial charge >= 0.3 is 0 Å². The van der Waals surface area contributed by atoms with E-state index in [9.17, 15) is 0 Å². The summed E-state index contributed by atoms with van der Waals surface area (Å²) < 4.78 is 0. The molecule has 1 aliphatic heterocycles. The minimum absolute atomic E-state index is 0.351. The van der Waals surface area contributed by atoms with Crippen molar-refractivity contribution in [2.45, 2.75) is 39.8 Å². The van der Waals surface area contributed by atoms with Crippen LogP contribution >= 0.6 is 11.3 Å². The Hall–Kier alpha value is -0.650. The van der Waals surface area contributed by atoms with Gasteiger partial charge in [-0.25, -0.2) is 4.98 Å². The molecule has 2 rings (SSSR count). The first-order valence-corrected chi connectivity index (χ1v) is 8.21. The number of rotatable bonds is 5. The van der Waals surface area contributed by atoms with E-state index in [1.165, 1.54) is 10.8 Å². The first kappa shape index (κ1) is 14.8. The molecule has 0 bridgehead atoms. The van der Waals surface area contributed by atoms with Crippen molar-refractivity contribution in [2.24, 2.45) is 0 Å². The fourth-order valence-electron chi connectivity index (χ4n) is 2.67. The van der Waals surface area contributed by atoms with Crippen molar-refractivity contribution in [3.8, 4) is 0 Å². The van der Waals surface area contributed by atoms with Gasteiger partial charge in [-0.15, -0.1) is 11.3 Å². The number of anilines is 1. The third-order valence-corrected chi connectivity index (χ3v) is 4.83. The van der Waals surface area contributed by atoms with Gasteiger partial charge in [0.2, 0.25) is 0 Å². The van der Waals surface area contributed by atoms with Crippen molar-refractivity contribution in [3.05, 3.63) is 11.1 Å². The van der Waals surface area contributed by atoms with Gasteiger partial charge in [0, 0.05) is 37.1 Å². The zero-order chi connectivity index (χ0) is 13.8. The number of nitrogens with one attached hydrogen (secondary N) is 1. The average molecular weight is 282 g/mol. The van der Waals surface area contributed by atoms with Gasteiger partial charge in [-0.05, 0) is 26.9 Å². The molecular formula is C14H26N4S. The van der Waals surface area contributed by atoms with E-state index in [0.717, 1.165) is 32.7 Å². The molecule has 4 nitrogen and oxygen atoms in total. The van der Waals surface area contributed by atoms with E-state index in [0.29, 0.717) is 12.1 Å². The average Bonchev–Trinajstić information content (AvgIpc) is 2.88. The van der Waals surface area contributed by atoms with E-state index in [1.54, 1.807) is 11.3 Å². The quantitative estimate of drug-likeness (QED) is 0.898. The van der Waals surface area contributed by atoms with Gasteiger partial charge in [-0.1, -0.05) is 13.8 Å². The lowest BCUT2D eigenvalue weighted by atomic mass is 10.2. The van der Waals surface area contributed by atoms with Crippen molar-refractivity contribution < 1.29 is 0 Å². The molecule has 1 aromatic heterocycles. The number of hydrogen-bond acceptors (Lipinski definition) is 5. The molecular weight excluding hydrogens is 256 g/mol. The van der Waals surface area contributed by atoms with Crippen LogP contribution < -0.4 is 10.2 Å². The number of hydrogen-bond donors (Lipinski definition) is 1.